The number of nitrogens with zero attached hydrogens (tertiary/aromatic N) is 1. The summed E-state index contributed by atoms with van der Waals surface area (Å²) < 4.78 is 0. The Bertz CT molecular complexity index is 526. The maximum Gasteiger partial charge on any atom is 0.0995 e. The topological polar surface area (TPSA) is 23.8 Å². The molecule has 0 saturated carbocycles. The quantitative estimate of drug-likeness (QED) is 0.766. The first-order chi connectivity index (χ1) is 7.79. The van der Waals surface area contributed by atoms with Crippen LogP contribution in [-0.2, 0) is 6.42 Å². The molecule has 2 rings (SSSR count). The molecule has 0 bridgehead atoms. The SMILES string of the molecule is N#Cc1cc(Cl)ccc1Cc1ccccc1. The van der Waals surface area contributed by atoms with E-state index in [0.29, 0.717) is 10.6 Å². The van der Waals surface area contributed by atoms with E-state index in [2.05, 4.69) is 18.2 Å². The Morgan fingerprint density at radius 2 is 1.81 bits per heavy atom. The van der Waals surface area contributed by atoms with Crippen molar-refractivity contribution in [1.82, 2.24) is 0 Å². The van der Waals surface area contributed by atoms with Crippen molar-refractivity contribution < 1.29 is 0 Å². The van der Waals surface area contributed by atoms with E-state index >= 15 is 0 Å². The third-order valence-electron chi connectivity index (χ3n) is 2.43. The second kappa shape index (κ2) is 4.83. The molecule has 0 unspecified atom stereocenters. The van der Waals surface area contributed by atoms with Crippen molar-refractivity contribution in [2.75, 3.05) is 0 Å². The van der Waals surface area contributed by atoms with Crippen molar-refractivity contribution in [1.29, 1.82) is 5.26 Å². The Morgan fingerprint density at radius 1 is 1.06 bits per heavy atom. The van der Waals surface area contributed by atoms with Crippen molar-refractivity contribution in [3.05, 3.63) is 70.2 Å². The van der Waals surface area contributed by atoms with Gasteiger partial charge in [0.25, 0.3) is 0 Å². The van der Waals surface area contributed by atoms with Gasteiger partial charge < -0.3 is 0 Å². The normalized spacial score (nSPS) is 9.75. The fourth-order valence-electron chi connectivity index (χ4n) is 1.62. The van der Waals surface area contributed by atoms with Crippen LogP contribution in [0.3, 0.4) is 0 Å². The molecule has 0 aromatic heterocycles. The highest BCUT2D eigenvalue weighted by Gasteiger charge is 2.03. The number of benzene rings is 2. The van der Waals surface area contributed by atoms with Gasteiger partial charge in [0.15, 0.2) is 0 Å². The van der Waals surface area contributed by atoms with Crippen molar-refractivity contribution >= 4 is 11.6 Å². The fraction of sp³-hybridized carbons (Fsp3) is 0.0714. The molecular formula is C14H10ClN. The zero-order valence-corrected chi connectivity index (χ0v) is 9.41. The van der Waals surface area contributed by atoms with Crippen LogP contribution in [0, 0.1) is 11.3 Å². The second-order valence-corrected chi connectivity index (χ2v) is 4.01. The van der Waals surface area contributed by atoms with E-state index in [9.17, 15) is 0 Å². The zero-order valence-electron chi connectivity index (χ0n) is 8.65. The monoisotopic (exact) mass is 227 g/mol. The minimum atomic E-state index is 0.605. The van der Waals surface area contributed by atoms with Gasteiger partial charge in [-0.1, -0.05) is 48.0 Å². The van der Waals surface area contributed by atoms with E-state index in [4.69, 9.17) is 16.9 Å². The maximum atomic E-state index is 9.01. The summed E-state index contributed by atoms with van der Waals surface area (Å²) in [6, 6.07) is 17.7. The standard InChI is InChI=1S/C14H10ClN/c15-14-7-6-12(13(9-14)10-16)8-11-4-2-1-3-5-11/h1-7,9H,8H2. The molecule has 2 aromatic rings. The summed E-state index contributed by atoms with van der Waals surface area (Å²) in [7, 11) is 0. The molecular weight excluding hydrogens is 218 g/mol. The van der Waals surface area contributed by atoms with Gasteiger partial charge in [0.2, 0.25) is 0 Å². The Balaban J connectivity index is 2.32. The average molecular weight is 228 g/mol. The lowest BCUT2D eigenvalue weighted by molar-refractivity contribution is 1.18. The summed E-state index contributed by atoms with van der Waals surface area (Å²) in [6.45, 7) is 0. The molecule has 0 saturated heterocycles. The lowest BCUT2D eigenvalue weighted by Gasteiger charge is -2.04. The zero-order chi connectivity index (χ0) is 11.4. The predicted octanol–water partition coefficient (Wildman–Crippen LogP) is 3.80. The van der Waals surface area contributed by atoms with E-state index in [-0.39, 0.29) is 0 Å². The highest BCUT2D eigenvalue weighted by molar-refractivity contribution is 6.30. The molecule has 2 heteroatoms. The van der Waals surface area contributed by atoms with Crippen molar-refractivity contribution in [3.8, 4) is 6.07 Å². The molecule has 0 aliphatic heterocycles. The van der Waals surface area contributed by atoms with E-state index in [1.165, 1.54) is 5.56 Å². The summed E-state index contributed by atoms with van der Waals surface area (Å²) >= 11 is 5.85. The first-order valence-electron chi connectivity index (χ1n) is 5.02. The number of nitriles is 1. The van der Waals surface area contributed by atoms with Crippen molar-refractivity contribution in [2.24, 2.45) is 0 Å². The van der Waals surface area contributed by atoms with Crippen LogP contribution < -0.4 is 0 Å². The lowest BCUT2D eigenvalue weighted by Crippen LogP contribution is -1.92. The maximum absolute atomic E-state index is 9.01. The molecule has 0 atom stereocenters. The van der Waals surface area contributed by atoms with Crippen LogP contribution in [0.4, 0.5) is 0 Å². The minimum absolute atomic E-state index is 0.605. The lowest BCUT2D eigenvalue weighted by atomic mass is 10.0. The van der Waals surface area contributed by atoms with E-state index in [0.717, 1.165) is 12.0 Å². The van der Waals surface area contributed by atoms with Crippen molar-refractivity contribution in [3.63, 3.8) is 0 Å². The van der Waals surface area contributed by atoms with E-state index in [1.54, 1.807) is 6.07 Å². The third-order valence-corrected chi connectivity index (χ3v) is 2.66. The first-order valence-corrected chi connectivity index (χ1v) is 5.40. The van der Waals surface area contributed by atoms with Gasteiger partial charge in [0.1, 0.15) is 0 Å². The molecule has 16 heavy (non-hydrogen) atoms. The number of hydrogen-bond donors (Lipinski definition) is 0. The Labute approximate surface area is 99.9 Å². The minimum Gasteiger partial charge on any atom is -0.192 e. The molecule has 2 aromatic carbocycles. The van der Waals surface area contributed by atoms with E-state index in [1.807, 2.05) is 30.3 Å². The molecule has 0 N–H and O–H groups in total. The number of hydrogen-bond acceptors (Lipinski definition) is 1. The second-order valence-electron chi connectivity index (χ2n) is 3.58. The Kier molecular flexibility index (Phi) is 3.24. The van der Waals surface area contributed by atoms with Crippen LogP contribution in [0.25, 0.3) is 0 Å². The predicted molar refractivity (Wildman–Crippen MR) is 65.4 cm³/mol. The van der Waals surface area contributed by atoms with Crippen LogP contribution in [-0.4, -0.2) is 0 Å². The highest BCUT2D eigenvalue weighted by Crippen LogP contribution is 2.18. The molecule has 0 spiro atoms. The average Bonchev–Trinajstić information content (AvgIpc) is 2.33. The molecule has 1 nitrogen and oxygen atoms in total. The van der Waals surface area contributed by atoms with Gasteiger partial charge in [0.05, 0.1) is 11.6 Å². The van der Waals surface area contributed by atoms with Gasteiger partial charge in [-0.3, -0.25) is 0 Å². The van der Waals surface area contributed by atoms with Crippen LogP contribution >= 0.6 is 11.6 Å². The number of rotatable bonds is 2. The molecule has 0 aliphatic rings. The summed E-state index contributed by atoms with van der Waals surface area (Å²) in [6.07, 6.45) is 0.765. The summed E-state index contributed by atoms with van der Waals surface area (Å²) in [5.41, 5.74) is 2.86. The van der Waals surface area contributed by atoms with Gasteiger partial charge in [-0.2, -0.15) is 5.26 Å². The van der Waals surface area contributed by atoms with Gasteiger partial charge in [-0.15, -0.1) is 0 Å². The number of halogens is 1. The fourth-order valence-corrected chi connectivity index (χ4v) is 1.79. The summed E-state index contributed by atoms with van der Waals surface area (Å²) in [5, 5.41) is 9.62. The first kappa shape index (κ1) is 10.7. The molecule has 78 valence electrons. The molecule has 0 radical (unpaired) electrons. The van der Waals surface area contributed by atoms with Gasteiger partial charge in [0, 0.05) is 5.02 Å². The largest absolute Gasteiger partial charge is 0.192 e. The molecule has 0 heterocycles. The Morgan fingerprint density at radius 3 is 2.50 bits per heavy atom. The van der Waals surface area contributed by atoms with Crippen LogP contribution in [0.5, 0.6) is 0 Å². The van der Waals surface area contributed by atoms with Gasteiger partial charge >= 0.3 is 0 Å². The summed E-state index contributed by atoms with van der Waals surface area (Å²) in [4.78, 5) is 0. The van der Waals surface area contributed by atoms with Crippen molar-refractivity contribution in [2.45, 2.75) is 6.42 Å². The molecule has 0 aliphatic carbocycles. The third kappa shape index (κ3) is 2.42. The molecule has 0 fully saturated rings. The Hall–Kier alpha value is -1.78. The van der Waals surface area contributed by atoms with Crippen LogP contribution in [0.15, 0.2) is 48.5 Å². The van der Waals surface area contributed by atoms with Crippen LogP contribution in [0.1, 0.15) is 16.7 Å². The highest BCUT2D eigenvalue weighted by atomic mass is 35.5. The van der Waals surface area contributed by atoms with Gasteiger partial charge in [-0.25, -0.2) is 0 Å². The molecule has 0 amide bonds. The van der Waals surface area contributed by atoms with Gasteiger partial charge in [-0.05, 0) is 29.7 Å². The van der Waals surface area contributed by atoms with E-state index < -0.39 is 0 Å². The summed E-state index contributed by atoms with van der Waals surface area (Å²) in [5.74, 6) is 0. The van der Waals surface area contributed by atoms with Crippen LogP contribution in [0.2, 0.25) is 5.02 Å². The smallest absolute Gasteiger partial charge is 0.0995 e.